The van der Waals surface area contributed by atoms with Crippen LogP contribution in [0.2, 0.25) is 5.02 Å². The molecule has 3 aliphatic heterocycles. The minimum Gasteiger partial charge on any atom is -0.373 e. The molecule has 4 unspecified atom stereocenters. The summed E-state index contributed by atoms with van der Waals surface area (Å²) in [6, 6.07) is 7.43. The summed E-state index contributed by atoms with van der Waals surface area (Å²) >= 11 is 5.99. The Morgan fingerprint density at radius 2 is 1.88 bits per heavy atom. The van der Waals surface area contributed by atoms with Gasteiger partial charge >= 0.3 is 0 Å². The average Bonchev–Trinajstić information content (AvgIpc) is 3.33. The third kappa shape index (κ3) is 2.22. The minimum absolute atomic E-state index is 0.134. The van der Waals surface area contributed by atoms with Crippen LogP contribution in [0.25, 0.3) is 0 Å². The van der Waals surface area contributed by atoms with Gasteiger partial charge in [-0.2, -0.15) is 4.98 Å². The van der Waals surface area contributed by atoms with Gasteiger partial charge in [-0.25, -0.2) is 9.58 Å². The fraction of sp³-hybridized carbons (Fsp3) is 0.412. The van der Waals surface area contributed by atoms with Crippen molar-refractivity contribution < 1.29 is 14.3 Å². The van der Waals surface area contributed by atoms with Gasteiger partial charge in [0.05, 0.1) is 30.6 Å². The first kappa shape index (κ1) is 15.0. The molecule has 0 saturated carbocycles. The van der Waals surface area contributed by atoms with E-state index in [1.54, 1.807) is 10.7 Å². The smallest absolute Gasteiger partial charge is 0.258 e. The topological polar surface area (TPSA) is 77.3 Å². The summed E-state index contributed by atoms with van der Waals surface area (Å²) in [6.07, 6.45) is 2.94. The lowest BCUT2D eigenvalue weighted by molar-refractivity contribution is -0.124. The second-order valence-corrected chi connectivity index (χ2v) is 7.16. The Labute approximate surface area is 148 Å². The highest BCUT2D eigenvalue weighted by molar-refractivity contribution is 6.30. The van der Waals surface area contributed by atoms with Crippen molar-refractivity contribution in [2.24, 2.45) is 11.8 Å². The Balaban J connectivity index is 1.40. The van der Waals surface area contributed by atoms with Gasteiger partial charge in [-0.3, -0.25) is 9.59 Å². The van der Waals surface area contributed by atoms with Crippen LogP contribution in [-0.4, -0.2) is 38.8 Å². The van der Waals surface area contributed by atoms with Crippen molar-refractivity contribution in [1.29, 1.82) is 0 Å². The third-order valence-electron chi connectivity index (χ3n) is 5.24. The van der Waals surface area contributed by atoms with Crippen molar-refractivity contribution in [3.63, 3.8) is 0 Å². The van der Waals surface area contributed by atoms with E-state index in [0.717, 1.165) is 23.3 Å². The lowest BCUT2D eigenvalue weighted by Gasteiger charge is -2.14. The van der Waals surface area contributed by atoms with E-state index in [1.807, 2.05) is 18.2 Å². The summed E-state index contributed by atoms with van der Waals surface area (Å²) in [5, 5.41) is 4.97. The summed E-state index contributed by atoms with van der Waals surface area (Å²) in [7, 11) is 0. The minimum atomic E-state index is -0.369. The molecule has 128 valence electrons. The molecular formula is C17H15ClN4O3. The molecule has 4 atom stereocenters. The van der Waals surface area contributed by atoms with Crippen LogP contribution in [0.3, 0.4) is 0 Å². The molecule has 2 bridgehead atoms. The summed E-state index contributed by atoms with van der Waals surface area (Å²) in [5.74, 6) is -1.06. The largest absolute Gasteiger partial charge is 0.373 e. The van der Waals surface area contributed by atoms with Crippen molar-refractivity contribution in [3.05, 3.63) is 41.2 Å². The Morgan fingerprint density at radius 3 is 2.56 bits per heavy atom. The number of rotatable bonds is 3. The number of imide groups is 1. The van der Waals surface area contributed by atoms with Crippen LogP contribution in [0.4, 0.5) is 5.95 Å². The van der Waals surface area contributed by atoms with Crippen LogP contribution >= 0.6 is 11.6 Å². The number of benzene rings is 1. The maximum absolute atomic E-state index is 12.7. The van der Waals surface area contributed by atoms with Crippen LogP contribution in [0.15, 0.2) is 30.6 Å². The van der Waals surface area contributed by atoms with E-state index in [2.05, 4.69) is 10.1 Å². The van der Waals surface area contributed by atoms with E-state index in [0.29, 0.717) is 11.6 Å². The summed E-state index contributed by atoms with van der Waals surface area (Å²) < 4.78 is 7.33. The van der Waals surface area contributed by atoms with Crippen LogP contribution in [0.1, 0.15) is 18.4 Å². The van der Waals surface area contributed by atoms with E-state index in [4.69, 9.17) is 16.3 Å². The SMILES string of the molecule is O=C1C2C3CCC(O3)C2C(=O)N1c1ncn(Cc2cccc(Cl)c2)n1. The van der Waals surface area contributed by atoms with Gasteiger partial charge in [-0.15, -0.1) is 5.10 Å². The normalized spacial score (nSPS) is 30.4. The molecule has 0 aliphatic carbocycles. The maximum atomic E-state index is 12.7. The highest BCUT2D eigenvalue weighted by Gasteiger charge is 2.63. The number of carbonyl (C=O) groups excluding carboxylic acids is 2. The molecule has 5 rings (SSSR count). The lowest BCUT2D eigenvalue weighted by Crippen LogP contribution is -2.35. The lowest BCUT2D eigenvalue weighted by atomic mass is 9.81. The molecule has 8 heteroatoms. The van der Waals surface area contributed by atoms with Gasteiger partial charge in [0.25, 0.3) is 5.95 Å². The molecule has 0 radical (unpaired) electrons. The molecule has 25 heavy (non-hydrogen) atoms. The highest BCUT2D eigenvalue weighted by atomic mass is 35.5. The molecule has 3 saturated heterocycles. The number of carbonyl (C=O) groups is 2. The van der Waals surface area contributed by atoms with Gasteiger partial charge in [0, 0.05) is 5.02 Å². The zero-order valence-corrected chi connectivity index (χ0v) is 14.0. The van der Waals surface area contributed by atoms with Gasteiger partial charge in [-0.1, -0.05) is 23.7 Å². The fourth-order valence-corrected chi connectivity index (χ4v) is 4.41. The van der Waals surface area contributed by atoms with E-state index in [-0.39, 0.29) is 41.8 Å². The monoisotopic (exact) mass is 358 g/mol. The van der Waals surface area contributed by atoms with Crippen molar-refractivity contribution >= 4 is 29.4 Å². The van der Waals surface area contributed by atoms with Gasteiger partial charge in [-0.05, 0) is 30.5 Å². The summed E-state index contributed by atoms with van der Waals surface area (Å²) in [6.45, 7) is 0.463. The molecule has 1 aromatic heterocycles. The number of anilines is 1. The number of nitrogens with zero attached hydrogens (tertiary/aromatic N) is 4. The molecule has 2 amide bonds. The van der Waals surface area contributed by atoms with Gasteiger partial charge in [0.2, 0.25) is 11.8 Å². The first-order valence-electron chi connectivity index (χ1n) is 8.29. The number of fused-ring (bicyclic) bond motifs is 5. The highest BCUT2D eigenvalue weighted by Crippen LogP contribution is 2.48. The molecular weight excluding hydrogens is 344 g/mol. The zero-order valence-electron chi connectivity index (χ0n) is 13.2. The van der Waals surface area contributed by atoms with Gasteiger partial charge < -0.3 is 4.74 Å². The van der Waals surface area contributed by atoms with Crippen molar-refractivity contribution in [3.8, 4) is 0 Å². The number of hydrogen-bond donors (Lipinski definition) is 0. The Bertz CT molecular complexity index is 854. The molecule has 0 N–H and O–H groups in total. The quantitative estimate of drug-likeness (QED) is 0.780. The number of ether oxygens (including phenoxy) is 1. The zero-order chi connectivity index (χ0) is 17.1. The van der Waals surface area contributed by atoms with Gasteiger partial charge in [0.15, 0.2) is 0 Å². The molecule has 7 nitrogen and oxygen atoms in total. The second kappa shape index (κ2) is 5.37. The number of halogens is 1. The summed E-state index contributed by atoms with van der Waals surface area (Å²) in [5.41, 5.74) is 0.964. The maximum Gasteiger partial charge on any atom is 0.258 e. The van der Waals surface area contributed by atoms with E-state index in [9.17, 15) is 9.59 Å². The standard InChI is InChI=1S/C17H15ClN4O3/c18-10-3-1-2-9(6-10)7-21-8-19-17(20-21)22-15(23)13-11-4-5-12(25-11)14(13)16(22)24/h1-3,6,8,11-14H,4-5,7H2. The predicted octanol–water partition coefficient (Wildman–Crippen LogP) is 1.65. The fourth-order valence-electron chi connectivity index (χ4n) is 4.19. The molecule has 0 spiro atoms. The number of amides is 2. The molecule has 2 aromatic rings. The first-order valence-corrected chi connectivity index (χ1v) is 8.67. The average molecular weight is 359 g/mol. The van der Waals surface area contributed by atoms with Crippen LogP contribution < -0.4 is 4.90 Å². The second-order valence-electron chi connectivity index (χ2n) is 6.73. The molecule has 4 heterocycles. The molecule has 3 fully saturated rings. The van der Waals surface area contributed by atoms with E-state index >= 15 is 0 Å². The van der Waals surface area contributed by atoms with E-state index in [1.165, 1.54) is 6.33 Å². The van der Waals surface area contributed by atoms with Gasteiger partial charge in [0.1, 0.15) is 6.33 Å². The van der Waals surface area contributed by atoms with Crippen molar-refractivity contribution in [2.75, 3.05) is 4.90 Å². The van der Waals surface area contributed by atoms with Crippen molar-refractivity contribution in [1.82, 2.24) is 14.8 Å². The molecule has 3 aliphatic rings. The Hall–Kier alpha value is -2.25. The summed E-state index contributed by atoms with van der Waals surface area (Å²) in [4.78, 5) is 30.8. The van der Waals surface area contributed by atoms with Crippen LogP contribution in [-0.2, 0) is 20.9 Å². The van der Waals surface area contributed by atoms with Crippen molar-refractivity contribution in [2.45, 2.75) is 31.6 Å². The van der Waals surface area contributed by atoms with Crippen LogP contribution in [0.5, 0.6) is 0 Å². The molecule has 1 aromatic carbocycles. The number of hydrogen-bond acceptors (Lipinski definition) is 5. The number of aromatic nitrogens is 3. The third-order valence-corrected chi connectivity index (χ3v) is 5.48. The van der Waals surface area contributed by atoms with Crippen LogP contribution in [0, 0.1) is 11.8 Å². The Kier molecular flexibility index (Phi) is 3.23. The Morgan fingerprint density at radius 1 is 1.16 bits per heavy atom. The van der Waals surface area contributed by atoms with E-state index < -0.39 is 0 Å². The predicted molar refractivity (Wildman–Crippen MR) is 87.9 cm³/mol. The first-order chi connectivity index (χ1) is 12.1.